The van der Waals surface area contributed by atoms with Crippen molar-refractivity contribution in [3.8, 4) is 0 Å². The number of nitrogens with zero attached hydrogens (tertiary/aromatic N) is 1. The van der Waals surface area contributed by atoms with Gasteiger partial charge in [0, 0.05) is 12.6 Å². The van der Waals surface area contributed by atoms with Crippen LogP contribution >= 0.6 is 0 Å². The van der Waals surface area contributed by atoms with Crippen LogP contribution in [0.4, 0.5) is 4.39 Å². The van der Waals surface area contributed by atoms with Crippen LogP contribution in [0.15, 0.2) is 48.7 Å². The number of pyridine rings is 1. The molecule has 98 valence electrons. The molecule has 0 aliphatic carbocycles. The first-order valence-electron chi connectivity index (χ1n) is 6.16. The van der Waals surface area contributed by atoms with Crippen molar-refractivity contribution in [2.75, 3.05) is 0 Å². The molecule has 0 saturated heterocycles. The van der Waals surface area contributed by atoms with E-state index >= 15 is 0 Å². The number of halogens is 1. The Hall–Kier alpha value is -2.23. The molecule has 0 unspecified atom stereocenters. The molecule has 1 amide bonds. The van der Waals surface area contributed by atoms with Gasteiger partial charge in [0.15, 0.2) is 0 Å². The minimum Gasteiger partial charge on any atom is -0.350 e. The molecule has 4 heteroatoms. The summed E-state index contributed by atoms with van der Waals surface area (Å²) in [6.07, 6.45) is 2.57. The Morgan fingerprint density at radius 1 is 1.16 bits per heavy atom. The molecule has 0 bridgehead atoms. The van der Waals surface area contributed by atoms with Crippen LogP contribution in [-0.2, 0) is 17.8 Å². The Morgan fingerprint density at radius 3 is 2.68 bits per heavy atom. The summed E-state index contributed by atoms with van der Waals surface area (Å²) in [7, 11) is 0. The van der Waals surface area contributed by atoms with E-state index in [4.69, 9.17) is 0 Å². The number of rotatable bonds is 5. The van der Waals surface area contributed by atoms with E-state index in [-0.39, 0.29) is 18.1 Å². The minimum atomic E-state index is -0.397. The first kappa shape index (κ1) is 13.2. The third kappa shape index (κ3) is 4.17. The lowest BCUT2D eigenvalue weighted by Gasteiger charge is -2.05. The average Bonchev–Trinajstić information content (AvgIpc) is 2.45. The molecule has 0 atom stereocenters. The van der Waals surface area contributed by atoms with Crippen molar-refractivity contribution in [3.05, 3.63) is 65.7 Å². The minimum absolute atomic E-state index is 0.103. The standard InChI is InChI=1S/C15H15FN2O/c16-13-7-4-10-17-14(13)11-18-15(19)9-8-12-5-2-1-3-6-12/h1-7,10H,8-9,11H2,(H,18,19). The fourth-order valence-electron chi connectivity index (χ4n) is 1.72. The van der Waals surface area contributed by atoms with Gasteiger partial charge in [-0.25, -0.2) is 4.39 Å². The number of hydrogen-bond donors (Lipinski definition) is 1. The maximum Gasteiger partial charge on any atom is 0.220 e. The molecule has 19 heavy (non-hydrogen) atoms. The van der Waals surface area contributed by atoms with Gasteiger partial charge in [0.1, 0.15) is 5.82 Å². The van der Waals surface area contributed by atoms with Crippen LogP contribution in [0, 0.1) is 5.82 Å². The fourth-order valence-corrected chi connectivity index (χ4v) is 1.72. The van der Waals surface area contributed by atoms with Crippen molar-refractivity contribution in [3.63, 3.8) is 0 Å². The van der Waals surface area contributed by atoms with Crippen LogP contribution in [0.2, 0.25) is 0 Å². The molecule has 1 heterocycles. The first-order chi connectivity index (χ1) is 9.25. The monoisotopic (exact) mass is 258 g/mol. The Bertz CT molecular complexity index is 543. The van der Waals surface area contributed by atoms with Crippen LogP contribution < -0.4 is 5.32 Å². The Morgan fingerprint density at radius 2 is 1.95 bits per heavy atom. The van der Waals surface area contributed by atoms with Crippen LogP contribution in [0.3, 0.4) is 0 Å². The number of aromatic nitrogens is 1. The van der Waals surface area contributed by atoms with Gasteiger partial charge in [-0.3, -0.25) is 9.78 Å². The van der Waals surface area contributed by atoms with Gasteiger partial charge in [-0.15, -0.1) is 0 Å². The highest BCUT2D eigenvalue weighted by Gasteiger charge is 2.05. The second-order valence-corrected chi connectivity index (χ2v) is 4.19. The van der Waals surface area contributed by atoms with E-state index in [1.165, 1.54) is 18.3 Å². The number of benzene rings is 1. The second kappa shape index (κ2) is 6.64. The number of aryl methyl sites for hydroxylation is 1. The summed E-state index contributed by atoms with van der Waals surface area (Å²) in [5.74, 6) is -0.500. The zero-order valence-corrected chi connectivity index (χ0v) is 10.5. The molecule has 1 aromatic carbocycles. The van der Waals surface area contributed by atoms with Crippen LogP contribution in [0.25, 0.3) is 0 Å². The molecule has 0 aliphatic heterocycles. The lowest BCUT2D eigenvalue weighted by Crippen LogP contribution is -2.24. The van der Waals surface area contributed by atoms with Crippen molar-refractivity contribution in [1.29, 1.82) is 0 Å². The van der Waals surface area contributed by atoms with Crippen molar-refractivity contribution in [2.45, 2.75) is 19.4 Å². The number of carbonyl (C=O) groups is 1. The number of amides is 1. The number of carbonyl (C=O) groups excluding carboxylic acids is 1. The van der Waals surface area contributed by atoms with Gasteiger partial charge in [-0.2, -0.15) is 0 Å². The maximum atomic E-state index is 13.3. The highest BCUT2D eigenvalue weighted by molar-refractivity contribution is 5.76. The second-order valence-electron chi connectivity index (χ2n) is 4.19. The molecule has 1 N–H and O–H groups in total. The SMILES string of the molecule is O=C(CCc1ccccc1)NCc1ncccc1F. The molecule has 0 saturated carbocycles. The van der Waals surface area contributed by atoms with Gasteiger partial charge < -0.3 is 5.32 Å². The summed E-state index contributed by atoms with van der Waals surface area (Å²) >= 11 is 0. The van der Waals surface area contributed by atoms with E-state index in [0.717, 1.165) is 5.56 Å². The van der Waals surface area contributed by atoms with Gasteiger partial charge in [0.2, 0.25) is 5.91 Å². The lowest BCUT2D eigenvalue weighted by atomic mass is 10.1. The van der Waals surface area contributed by atoms with Gasteiger partial charge in [-0.05, 0) is 24.1 Å². The molecule has 2 aromatic rings. The fraction of sp³-hybridized carbons (Fsp3) is 0.200. The normalized spacial score (nSPS) is 10.2. The van der Waals surface area contributed by atoms with E-state index < -0.39 is 5.82 Å². The smallest absolute Gasteiger partial charge is 0.220 e. The van der Waals surface area contributed by atoms with Crippen molar-refractivity contribution < 1.29 is 9.18 Å². The van der Waals surface area contributed by atoms with E-state index in [9.17, 15) is 9.18 Å². The summed E-state index contributed by atoms with van der Waals surface area (Å²) in [6, 6.07) is 12.6. The molecule has 0 radical (unpaired) electrons. The van der Waals surface area contributed by atoms with E-state index in [1.807, 2.05) is 30.3 Å². The highest BCUT2D eigenvalue weighted by atomic mass is 19.1. The third-order valence-electron chi connectivity index (χ3n) is 2.77. The van der Waals surface area contributed by atoms with Crippen molar-refractivity contribution >= 4 is 5.91 Å². The lowest BCUT2D eigenvalue weighted by molar-refractivity contribution is -0.121. The summed E-state index contributed by atoms with van der Waals surface area (Å²) in [6.45, 7) is 0.125. The molecule has 3 nitrogen and oxygen atoms in total. The predicted octanol–water partition coefficient (Wildman–Crippen LogP) is 2.47. The quantitative estimate of drug-likeness (QED) is 0.895. The van der Waals surface area contributed by atoms with Crippen LogP contribution in [-0.4, -0.2) is 10.9 Å². The molecule has 0 spiro atoms. The van der Waals surface area contributed by atoms with Gasteiger partial charge in [0.05, 0.1) is 12.2 Å². The summed E-state index contributed by atoms with van der Waals surface area (Å²) in [5.41, 5.74) is 1.37. The first-order valence-corrected chi connectivity index (χ1v) is 6.16. The van der Waals surface area contributed by atoms with Crippen LogP contribution in [0.1, 0.15) is 17.7 Å². The Balaban J connectivity index is 1.78. The predicted molar refractivity (Wildman–Crippen MR) is 70.8 cm³/mol. The third-order valence-corrected chi connectivity index (χ3v) is 2.77. The Labute approximate surface area is 111 Å². The summed E-state index contributed by atoms with van der Waals surface area (Å²) < 4.78 is 13.3. The molecule has 2 rings (SSSR count). The summed E-state index contributed by atoms with van der Waals surface area (Å²) in [5, 5.41) is 2.67. The maximum absolute atomic E-state index is 13.3. The topological polar surface area (TPSA) is 42.0 Å². The number of nitrogens with one attached hydrogen (secondary N) is 1. The van der Waals surface area contributed by atoms with Gasteiger partial charge in [0.25, 0.3) is 0 Å². The van der Waals surface area contributed by atoms with E-state index in [1.54, 1.807) is 0 Å². The molecule has 0 aliphatic rings. The molecule has 0 fully saturated rings. The largest absolute Gasteiger partial charge is 0.350 e. The van der Waals surface area contributed by atoms with Gasteiger partial charge >= 0.3 is 0 Å². The highest BCUT2D eigenvalue weighted by Crippen LogP contribution is 2.04. The van der Waals surface area contributed by atoms with Gasteiger partial charge in [-0.1, -0.05) is 30.3 Å². The van der Waals surface area contributed by atoms with Crippen molar-refractivity contribution in [2.24, 2.45) is 0 Å². The zero-order chi connectivity index (χ0) is 13.5. The molecule has 1 aromatic heterocycles. The number of hydrogen-bond acceptors (Lipinski definition) is 2. The van der Waals surface area contributed by atoms with E-state index in [0.29, 0.717) is 12.8 Å². The average molecular weight is 258 g/mol. The zero-order valence-electron chi connectivity index (χ0n) is 10.5. The summed E-state index contributed by atoms with van der Waals surface area (Å²) in [4.78, 5) is 15.5. The van der Waals surface area contributed by atoms with Crippen molar-refractivity contribution in [1.82, 2.24) is 10.3 Å². The molecular weight excluding hydrogens is 243 g/mol. The van der Waals surface area contributed by atoms with Crippen LogP contribution in [0.5, 0.6) is 0 Å². The molecular formula is C15H15FN2O. The van der Waals surface area contributed by atoms with E-state index in [2.05, 4.69) is 10.3 Å². The Kier molecular flexibility index (Phi) is 4.61.